The normalized spacial score (nSPS) is 11.5. The van der Waals surface area contributed by atoms with Gasteiger partial charge >= 0.3 is 11.9 Å². The highest BCUT2D eigenvalue weighted by Gasteiger charge is 2.05. The molecule has 2 N–H and O–H groups in total. The van der Waals surface area contributed by atoms with Gasteiger partial charge in [0.1, 0.15) is 0 Å². The number of nitrogens with zero attached hydrogens (tertiary/aromatic N) is 2. The van der Waals surface area contributed by atoms with Crippen molar-refractivity contribution in [2.75, 3.05) is 66.7 Å². The van der Waals surface area contributed by atoms with Gasteiger partial charge in [-0.25, -0.2) is 0 Å². The Morgan fingerprint density at radius 2 is 0.625 bits per heavy atom. The lowest BCUT2D eigenvalue weighted by molar-refractivity contribution is -0.144. The molecule has 0 saturated carbocycles. The van der Waals surface area contributed by atoms with Gasteiger partial charge in [-0.1, -0.05) is 128 Å². The van der Waals surface area contributed by atoms with Gasteiger partial charge in [0.2, 0.25) is 0 Å². The number of hydrogen-bond donors (Lipinski definition) is 2. The zero-order valence-corrected chi connectivity index (χ0v) is 31.9. The van der Waals surface area contributed by atoms with Crippen LogP contribution in [0.15, 0.2) is 0 Å². The number of aliphatic hydroxyl groups excluding tert-OH is 2. The Bertz CT molecular complexity index is 624. The first-order valence-electron chi connectivity index (χ1n) is 20.4. The maximum absolute atomic E-state index is 12.0. The molecule has 0 bridgehead atoms. The first-order chi connectivity index (χ1) is 23.5. The van der Waals surface area contributed by atoms with Crippen LogP contribution in [0.1, 0.15) is 180 Å². The van der Waals surface area contributed by atoms with Gasteiger partial charge in [-0.2, -0.15) is 0 Å². The number of likely N-dealkylation sites (N-methyl/N-ethyl adjacent to an activating group) is 2. The first kappa shape index (κ1) is 46.8. The summed E-state index contributed by atoms with van der Waals surface area (Å²) in [6.07, 6.45) is 32.0. The molecular formula is C40H80N2O6. The van der Waals surface area contributed by atoms with Gasteiger partial charge in [-0.3, -0.25) is 9.59 Å². The number of aliphatic hydroxyl groups is 2. The Balaban J connectivity index is 3.27. The molecular weight excluding hydrogens is 604 g/mol. The van der Waals surface area contributed by atoms with Crippen LogP contribution in [0, 0.1) is 0 Å². The van der Waals surface area contributed by atoms with Crippen LogP contribution in [-0.4, -0.2) is 98.7 Å². The summed E-state index contributed by atoms with van der Waals surface area (Å²) in [4.78, 5) is 28.3. The molecule has 0 amide bonds. The Morgan fingerprint density at radius 3 is 0.917 bits per heavy atom. The fraction of sp³-hybridized carbons (Fsp3) is 0.950. The van der Waals surface area contributed by atoms with E-state index in [1.807, 2.05) is 0 Å². The molecule has 0 radical (unpaired) electrons. The van der Waals surface area contributed by atoms with Gasteiger partial charge in [0.25, 0.3) is 0 Å². The van der Waals surface area contributed by atoms with E-state index in [2.05, 4.69) is 23.9 Å². The topological polar surface area (TPSA) is 99.5 Å². The smallest absolute Gasteiger partial charge is 0.305 e. The van der Waals surface area contributed by atoms with E-state index in [9.17, 15) is 9.59 Å². The molecule has 0 aliphatic rings. The van der Waals surface area contributed by atoms with Crippen LogP contribution < -0.4 is 0 Å². The van der Waals surface area contributed by atoms with Crippen molar-refractivity contribution in [2.45, 2.75) is 180 Å². The lowest BCUT2D eigenvalue weighted by Crippen LogP contribution is -2.23. The number of carbonyl (C=O) groups is 2. The molecule has 48 heavy (non-hydrogen) atoms. The summed E-state index contributed by atoms with van der Waals surface area (Å²) in [7, 11) is 4.14. The van der Waals surface area contributed by atoms with E-state index in [1.54, 1.807) is 0 Å². The quantitative estimate of drug-likeness (QED) is 0.0490. The third kappa shape index (κ3) is 37.6. The summed E-state index contributed by atoms with van der Waals surface area (Å²) in [6.45, 7) is 5.34. The van der Waals surface area contributed by atoms with Crippen molar-refractivity contribution in [3.05, 3.63) is 0 Å². The van der Waals surface area contributed by atoms with E-state index < -0.39 is 0 Å². The predicted octanol–water partition coefficient (Wildman–Crippen LogP) is 8.84. The fourth-order valence-electron chi connectivity index (χ4n) is 6.12. The Kier molecular flexibility index (Phi) is 37.6. The summed E-state index contributed by atoms with van der Waals surface area (Å²) >= 11 is 0. The molecule has 0 fully saturated rings. The molecule has 8 heteroatoms. The van der Waals surface area contributed by atoms with Crippen LogP contribution in [0.2, 0.25) is 0 Å². The van der Waals surface area contributed by atoms with E-state index in [0.717, 1.165) is 77.5 Å². The number of ether oxygens (including phenoxy) is 2. The zero-order valence-electron chi connectivity index (χ0n) is 31.9. The van der Waals surface area contributed by atoms with Crippen molar-refractivity contribution < 1.29 is 29.3 Å². The van der Waals surface area contributed by atoms with E-state index in [0.29, 0.717) is 26.1 Å². The minimum absolute atomic E-state index is 0.0382. The van der Waals surface area contributed by atoms with Crippen LogP contribution in [0.5, 0.6) is 0 Å². The minimum atomic E-state index is -0.0382. The molecule has 0 aromatic carbocycles. The number of hydrogen-bond acceptors (Lipinski definition) is 8. The fourth-order valence-corrected chi connectivity index (χ4v) is 6.12. The molecule has 0 rings (SSSR count). The van der Waals surface area contributed by atoms with E-state index >= 15 is 0 Å². The van der Waals surface area contributed by atoms with Crippen molar-refractivity contribution in [1.82, 2.24) is 9.80 Å². The Morgan fingerprint density at radius 1 is 0.375 bits per heavy atom. The third-order valence-corrected chi connectivity index (χ3v) is 9.37. The van der Waals surface area contributed by atoms with Crippen LogP contribution >= 0.6 is 0 Å². The summed E-state index contributed by atoms with van der Waals surface area (Å²) in [5.41, 5.74) is 0. The summed E-state index contributed by atoms with van der Waals surface area (Å²) < 4.78 is 10.8. The third-order valence-electron chi connectivity index (χ3n) is 9.37. The maximum Gasteiger partial charge on any atom is 0.305 e. The Labute approximate surface area is 297 Å². The number of rotatable bonds is 39. The lowest BCUT2D eigenvalue weighted by Gasteiger charge is -2.14. The minimum Gasteiger partial charge on any atom is -0.466 e. The molecule has 8 nitrogen and oxygen atoms in total. The van der Waals surface area contributed by atoms with Crippen LogP contribution in [0.4, 0.5) is 0 Å². The average Bonchev–Trinajstić information content (AvgIpc) is 3.06. The molecule has 0 aromatic heterocycles. The second-order valence-corrected chi connectivity index (χ2v) is 14.2. The van der Waals surface area contributed by atoms with Crippen molar-refractivity contribution in [3.8, 4) is 0 Å². The first-order valence-corrected chi connectivity index (χ1v) is 20.4. The summed E-state index contributed by atoms with van der Waals surface area (Å²) in [5.74, 6) is -0.0765. The highest BCUT2D eigenvalue weighted by Crippen LogP contribution is 2.14. The standard InChI is InChI=1S/C40H80N2O6/c1-41(33-35-43)31-25-19-13-7-3-9-15-21-27-37-47-39(45)29-23-17-11-5-6-12-18-24-30-40(46)48-38-28-22-16-10-4-8-14-20-26-32-42(2)34-36-44/h43-44H,3-38H2,1-2H3. The van der Waals surface area contributed by atoms with Crippen molar-refractivity contribution >= 4 is 11.9 Å². The molecule has 0 aliphatic carbocycles. The second kappa shape index (κ2) is 38.6. The number of esters is 2. The molecule has 0 spiro atoms. The number of carbonyl (C=O) groups excluding carboxylic acids is 2. The molecule has 0 atom stereocenters. The largest absolute Gasteiger partial charge is 0.466 e. The van der Waals surface area contributed by atoms with Gasteiger partial charge in [0, 0.05) is 25.9 Å². The maximum atomic E-state index is 12.0. The van der Waals surface area contributed by atoms with Crippen molar-refractivity contribution in [1.29, 1.82) is 0 Å². The highest BCUT2D eigenvalue weighted by atomic mass is 16.5. The van der Waals surface area contributed by atoms with Gasteiger partial charge < -0.3 is 29.5 Å². The van der Waals surface area contributed by atoms with Crippen LogP contribution in [0.25, 0.3) is 0 Å². The monoisotopic (exact) mass is 685 g/mol. The molecule has 0 aliphatic heterocycles. The van der Waals surface area contributed by atoms with Crippen LogP contribution in [-0.2, 0) is 19.1 Å². The molecule has 0 aromatic rings. The van der Waals surface area contributed by atoms with Crippen molar-refractivity contribution in [2.24, 2.45) is 0 Å². The summed E-state index contributed by atoms with van der Waals surface area (Å²) in [6, 6.07) is 0. The predicted molar refractivity (Wildman–Crippen MR) is 200 cm³/mol. The molecule has 0 heterocycles. The van der Waals surface area contributed by atoms with Crippen LogP contribution in [0.3, 0.4) is 0 Å². The lowest BCUT2D eigenvalue weighted by atomic mass is 10.1. The molecule has 286 valence electrons. The van der Waals surface area contributed by atoms with Crippen molar-refractivity contribution in [3.63, 3.8) is 0 Å². The second-order valence-electron chi connectivity index (χ2n) is 14.2. The van der Waals surface area contributed by atoms with Gasteiger partial charge in [0.15, 0.2) is 0 Å². The van der Waals surface area contributed by atoms with E-state index in [4.69, 9.17) is 19.7 Å². The highest BCUT2D eigenvalue weighted by molar-refractivity contribution is 5.69. The van der Waals surface area contributed by atoms with E-state index in [1.165, 1.54) is 116 Å². The van der Waals surface area contributed by atoms with Gasteiger partial charge in [0.05, 0.1) is 26.4 Å². The zero-order chi connectivity index (χ0) is 35.2. The molecule has 0 unspecified atom stereocenters. The number of unbranched alkanes of at least 4 members (excludes halogenated alkanes) is 23. The Hall–Kier alpha value is -1.22. The molecule has 0 saturated heterocycles. The SMILES string of the molecule is CN(CCO)CCCCCCCCCCCOC(=O)CCCCCCCCCCC(=O)OCCCCCCCCCCCN(C)CCO. The van der Waals surface area contributed by atoms with Gasteiger partial charge in [-0.05, 0) is 65.7 Å². The van der Waals surface area contributed by atoms with E-state index in [-0.39, 0.29) is 25.2 Å². The average molecular weight is 685 g/mol. The van der Waals surface area contributed by atoms with Gasteiger partial charge in [-0.15, -0.1) is 0 Å². The summed E-state index contributed by atoms with van der Waals surface area (Å²) in [5, 5.41) is 17.8.